The Morgan fingerprint density at radius 3 is 2.30 bits per heavy atom. The summed E-state index contributed by atoms with van der Waals surface area (Å²) in [4.78, 5) is 0. The summed E-state index contributed by atoms with van der Waals surface area (Å²) < 4.78 is 0. The molecule has 0 aromatic heterocycles. The number of hydrogen-bond donors (Lipinski definition) is 2. The molecule has 1 aliphatic rings. The summed E-state index contributed by atoms with van der Waals surface area (Å²) >= 11 is 0. The predicted octanol–water partition coefficient (Wildman–Crippen LogP) is 1.55. The van der Waals surface area contributed by atoms with E-state index in [4.69, 9.17) is 5.53 Å². The summed E-state index contributed by atoms with van der Waals surface area (Å²) in [6.07, 6.45) is 4.55. The molecule has 0 radical (unpaired) electrons. The Labute approximate surface area is 61.7 Å². The van der Waals surface area contributed by atoms with Crippen LogP contribution in [0.1, 0.15) is 25.7 Å². The first-order valence-electron chi connectivity index (χ1n) is 3.90. The predicted molar refractivity (Wildman–Crippen MR) is 40.3 cm³/mol. The zero-order valence-corrected chi connectivity index (χ0v) is 6.43. The summed E-state index contributed by atoms with van der Waals surface area (Å²) in [6.45, 7) is 0. The van der Waals surface area contributed by atoms with Gasteiger partial charge in [-0.3, -0.25) is 0 Å². The SMILES string of the molecule is CNC1CCC(N=N)CC1. The van der Waals surface area contributed by atoms with Gasteiger partial charge in [-0.1, -0.05) is 0 Å². The van der Waals surface area contributed by atoms with Crippen LogP contribution in [0.25, 0.3) is 0 Å². The second kappa shape index (κ2) is 3.66. The van der Waals surface area contributed by atoms with Gasteiger partial charge >= 0.3 is 0 Å². The van der Waals surface area contributed by atoms with E-state index in [1.807, 2.05) is 7.05 Å². The van der Waals surface area contributed by atoms with E-state index in [2.05, 4.69) is 10.4 Å². The molecule has 0 bridgehead atoms. The molecule has 0 atom stereocenters. The van der Waals surface area contributed by atoms with Gasteiger partial charge in [0.15, 0.2) is 0 Å². The molecule has 10 heavy (non-hydrogen) atoms. The lowest BCUT2D eigenvalue weighted by atomic mass is 9.92. The molecule has 0 unspecified atom stereocenters. The lowest BCUT2D eigenvalue weighted by molar-refractivity contribution is 0.350. The maximum atomic E-state index is 6.82. The van der Waals surface area contributed by atoms with Crippen molar-refractivity contribution in [1.29, 1.82) is 5.53 Å². The van der Waals surface area contributed by atoms with E-state index in [0.29, 0.717) is 12.1 Å². The smallest absolute Gasteiger partial charge is 0.0707 e. The van der Waals surface area contributed by atoms with Gasteiger partial charge in [-0.05, 0) is 32.7 Å². The van der Waals surface area contributed by atoms with E-state index >= 15 is 0 Å². The van der Waals surface area contributed by atoms with E-state index in [1.54, 1.807) is 0 Å². The Balaban J connectivity index is 2.23. The maximum Gasteiger partial charge on any atom is 0.0707 e. The molecule has 58 valence electrons. The topological polar surface area (TPSA) is 48.2 Å². The third-order valence-electron chi connectivity index (χ3n) is 2.29. The first kappa shape index (κ1) is 7.66. The van der Waals surface area contributed by atoms with Crippen LogP contribution in [-0.2, 0) is 0 Å². The maximum absolute atomic E-state index is 6.82. The molecule has 1 saturated carbocycles. The van der Waals surface area contributed by atoms with Crippen molar-refractivity contribution in [3.8, 4) is 0 Å². The lowest BCUT2D eigenvalue weighted by Crippen LogP contribution is -2.31. The third-order valence-corrected chi connectivity index (χ3v) is 2.29. The third kappa shape index (κ3) is 1.77. The minimum atomic E-state index is 0.324. The molecular formula is C7H15N3. The molecule has 1 rings (SSSR count). The minimum absolute atomic E-state index is 0.324. The van der Waals surface area contributed by atoms with Gasteiger partial charge in [0.25, 0.3) is 0 Å². The van der Waals surface area contributed by atoms with Gasteiger partial charge in [-0.2, -0.15) is 5.11 Å². The molecule has 3 nitrogen and oxygen atoms in total. The molecule has 0 aromatic carbocycles. The van der Waals surface area contributed by atoms with Crippen LogP contribution in [0.15, 0.2) is 5.11 Å². The zero-order valence-electron chi connectivity index (χ0n) is 6.43. The normalized spacial score (nSPS) is 33.7. The fraction of sp³-hybridized carbons (Fsp3) is 1.00. The summed E-state index contributed by atoms with van der Waals surface area (Å²) in [5.41, 5.74) is 6.82. The van der Waals surface area contributed by atoms with Gasteiger partial charge in [-0.15, -0.1) is 0 Å². The molecule has 0 saturated heterocycles. The molecule has 0 heterocycles. The van der Waals surface area contributed by atoms with Crippen LogP contribution < -0.4 is 5.32 Å². The first-order valence-corrected chi connectivity index (χ1v) is 3.90. The van der Waals surface area contributed by atoms with Crippen molar-refractivity contribution in [1.82, 2.24) is 5.32 Å². The Kier molecular flexibility index (Phi) is 2.81. The van der Waals surface area contributed by atoms with Crippen LogP contribution >= 0.6 is 0 Å². The highest BCUT2D eigenvalue weighted by Crippen LogP contribution is 2.20. The zero-order chi connectivity index (χ0) is 7.40. The fourth-order valence-corrected chi connectivity index (χ4v) is 1.49. The van der Waals surface area contributed by atoms with E-state index in [1.165, 1.54) is 12.8 Å². The Morgan fingerprint density at radius 2 is 1.90 bits per heavy atom. The number of nitrogens with zero attached hydrogens (tertiary/aromatic N) is 1. The monoisotopic (exact) mass is 141 g/mol. The van der Waals surface area contributed by atoms with Crippen molar-refractivity contribution in [2.75, 3.05) is 7.05 Å². The molecule has 2 N–H and O–H groups in total. The Bertz CT molecular complexity index is 105. The molecule has 0 aliphatic heterocycles. The van der Waals surface area contributed by atoms with E-state index < -0.39 is 0 Å². The quantitative estimate of drug-likeness (QED) is 0.563. The largest absolute Gasteiger partial charge is 0.317 e. The molecule has 0 aromatic rings. The average molecular weight is 141 g/mol. The van der Waals surface area contributed by atoms with Gasteiger partial charge < -0.3 is 5.32 Å². The standard InChI is InChI=1S/C7H15N3/c1-9-6-2-4-7(10-8)5-3-6/h6-9H,2-5H2,1H3. The van der Waals surface area contributed by atoms with E-state index in [-0.39, 0.29) is 0 Å². The first-order chi connectivity index (χ1) is 4.86. The molecular weight excluding hydrogens is 126 g/mol. The average Bonchev–Trinajstić information content (AvgIpc) is 2.05. The van der Waals surface area contributed by atoms with E-state index in [9.17, 15) is 0 Å². The van der Waals surface area contributed by atoms with Gasteiger partial charge in [0.2, 0.25) is 0 Å². The van der Waals surface area contributed by atoms with Crippen molar-refractivity contribution in [3.63, 3.8) is 0 Å². The van der Waals surface area contributed by atoms with Crippen LogP contribution in [0.2, 0.25) is 0 Å². The molecule has 0 spiro atoms. The summed E-state index contributed by atoms with van der Waals surface area (Å²) in [5.74, 6) is 0. The van der Waals surface area contributed by atoms with Gasteiger partial charge in [-0.25, -0.2) is 5.53 Å². The number of hydrogen-bond acceptors (Lipinski definition) is 3. The second-order valence-electron chi connectivity index (χ2n) is 2.92. The second-order valence-corrected chi connectivity index (χ2v) is 2.92. The molecule has 1 aliphatic carbocycles. The van der Waals surface area contributed by atoms with Crippen molar-refractivity contribution >= 4 is 0 Å². The van der Waals surface area contributed by atoms with Crippen LogP contribution in [0, 0.1) is 5.53 Å². The van der Waals surface area contributed by atoms with Gasteiger partial charge in [0.1, 0.15) is 0 Å². The van der Waals surface area contributed by atoms with Crippen molar-refractivity contribution < 1.29 is 0 Å². The highest BCUT2D eigenvalue weighted by molar-refractivity contribution is 4.78. The number of nitrogens with one attached hydrogen (secondary N) is 2. The summed E-state index contributed by atoms with van der Waals surface area (Å²) in [7, 11) is 2.00. The highest BCUT2D eigenvalue weighted by atomic mass is 15.0. The Hall–Kier alpha value is -0.440. The van der Waals surface area contributed by atoms with Crippen molar-refractivity contribution in [2.24, 2.45) is 5.11 Å². The van der Waals surface area contributed by atoms with Crippen LogP contribution in [-0.4, -0.2) is 19.1 Å². The van der Waals surface area contributed by atoms with Crippen LogP contribution in [0.5, 0.6) is 0 Å². The van der Waals surface area contributed by atoms with Crippen LogP contribution in [0.4, 0.5) is 0 Å². The van der Waals surface area contributed by atoms with Crippen LogP contribution in [0.3, 0.4) is 0 Å². The highest BCUT2D eigenvalue weighted by Gasteiger charge is 2.18. The summed E-state index contributed by atoms with van der Waals surface area (Å²) in [6, 6.07) is 1.00. The molecule has 1 fully saturated rings. The number of rotatable bonds is 2. The lowest BCUT2D eigenvalue weighted by Gasteiger charge is -2.24. The Morgan fingerprint density at radius 1 is 1.30 bits per heavy atom. The summed E-state index contributed by atoms with van der Waals surface area (Å²) in [5, 5.41) is 6.78. The fourth-order valence-electron chi connectivity index (χ4n) is 1.49. The van der Waals surface area contributed by atoms with E-state index in [0.717, 1.165) is 12.8 Å². The van der Waals surface area contributed by atoms with Crippen molar-refractivity contribution in [2.45, 2.75) is 37.8 Å². The molecule has 0 amide bonds. The van der Waals surface area contributed by atoms with Crippen molar-refractivity contribution in [3.05, 3.63) is 0 Å². The van der Waals surface area contributed by atoms with Gasteiger partial charge in [0.05, 0.1) is 6.04 Å². The minimum Gasteiger partial charge on any atom is -0.317 e. The van der Waals surface area contributed by atoms with Gasteiger partial charge in [0, 0.05) is 6.04 Å². The molecule has 3 heteroatoms.